The second kappa shape index (κ2) is 6.23. The van der Waals surface area contributed by atoms with E-state index in [1.165, 1.54) is 0 Å². The molecule has 1 atom stereocenters. The lowest BCUT2D eigenvalue weighted by Gasteiger charge is -2.23. The summed E-state index contributed by atoms with van der Waals surface area (Å²) >= 11 is 0. The third kappa shape index (κ3) is 3.38. The first-order valence-corrected chi connectivity index (χ1v) is 6.62. The van der Waals surface area contributed by atoms with Gasteiger partial charge in [0.2, 0.25) is 5.91 Å². The van der Waals surface area contributed by atoms with E-state index in [1.54, 1.807) is 4.68 Å². The van der Waals surface area contributed by atoms with Gasteiger partial charge in [-0.05, 0) is 12.5 Å². The Labute approximate surface area is 119 Å². The summed E-state index contributed by atoms with van der Waals surface area (Å²) in [5, 5.41) is 7.24. The number of hydrogen-bond donors (Lipinski definition) is 1. The fourth-order valence-electron chi connectivity index (χ4n) is 1.90. The molecule has 106 valence electrons. The van der Waals surface area contributed by atoms with Crippen LogP contribution in [0.1, 0.15) is 12.5 Å². The predicted octanol–water partition coefficient (Wildman–Crippen LogP) is 1.56. The third-order valence-corrected chi connectivity index (χ3v) is 3.33. The molecule has 5 nitrogen and oxygen atoms in total. The second-order valence-corrected chi connectivity index (χ2v) is 4.84. The van der Waals surface area contributed by atoms with Crippen molar-refractivity contribution >= 4 is 11.7 Å². The Morgan fingerprint density at radius 2 is 2.05 bits per heavy atom. The van der Waals surface area contributed by atoms with Gasteiger partial charge in [0.15, 0.2) is 5.82 Å². The second-order valence-electron chi connectivity index (χ2n) is 4.84. The van der Waals surface area contributed by atoms with Gasteiger partial charge in [-0.3, -0.25) is 9.48 Å². The molecule has 1 heterocycles. The van der Waals surface area contributed by atoms with Crippen molar-refractivity contribution in [3.63, 3.8) is 0 Å². The van der Waals surface area contributed by atoms with E-state index >= 15 is 0 Å². The minimum absolute atomic E-state index is 0.0120. The van der Waals surface area contributed by atoms with Gasteiger partial charge in [0.25, 0.3) is 0 Å². The van der Waals surface area contributed by atoms with Gasteiger partial charge in [0, 0.05) is 32.9 Å². The standard InChI is InChI=1S/C15H20N4O/c1-12(19(3)14-9-10-18(2)17-14)15(20)16-11-13-7-5-4-6-8-13/h4-10,12H,11H2,1-3H3,(H,16,20)/t12-/m1/s1. The van der Waals surface area contributed by atoms with Gasteiger partial charge >= 0.3 is 0 Å². The highest BCUT2D eigenvalue weighted by Gasteiger charge is 2.19. The Bertz CT molecular complexity index is 564. The molecule has 0 unspecified atom stereocenters. The summed E-state index contributed by atoms with van der Waals surface area (Å²) in [7, 11) is 3.73. The van der Waals surface area contributed by atoms with E-state index < -0.39 is 0 Å². The van der Waals surface area contributed by atoms with Gasteiger partial charge < -0.3 is 10.2 Å². The van der Waals surface area contributed by atoms with Crippen molar-refractivity contribution < 1.29 is 4.79 Å². The molecule has 20 heavy (non-hydrogen) atoms. The average Bonchev–Trinajstić information content (AvgIpc) is 2.91. The van der Waals surface area contributed by atoms with Gasteiger partial charge in [-0.2, -0.15) is 5.10 Å². The van der Waals surface area contributed by atoms with Crippen LogP contribution in [0.25, 0.3) is 0 Å². The number of nitrogens with zero attached hydrogens (tertiary/aromatic N) is 3. The van der Waals surface area contributed by atoms with E-state index in [0.717, 1.165) is 11.4 Å². The highest BCUT2D eigenvalue weighted by atomic mass is 16.2. The number of benzene rings is 1. The molecule has 2 rings (SSSR count). The zero-order valence-electron chi connectivity index (χ0n) is 12.1. The predicted molar refractivity (Wildman–Crippen MR) is 79.4 cm³/mol. The van der Waals surface area contributed by atoms with Crippen molar-refractivity contribution in [3.05, 3.63) is 48.2 Å². The zero-order valence-corrected chi connectivity index (χ0v) is 12.1. The smallest absolute Gasteiger partial charge is 0.242 e. The number of carbonyl (C=O) groups excluding carboxylic acids is 1. The number of rotatable bonds is 5. The Morgan fingerprint density at radius 1 is 1.35 bits per heavy atom. The molecule has 0 fully saturated rings. The van der Waals surface area contributed by atoms with Crippen LogP contribution in [-0.2, 0) is 18.4 Å². The molecule has 1 aromatic heterocycles. The molecule has 5 heteroatoms. The lowest BCUT2D eigenvalue weighted by Crippen LogP contribution is -2.43. The number of anilines is 1. The fourth-order valence-corrected chi connectivity index (χ4v) is 1.90. The van der Waals surface area contributed by atoms with Crippen LogP contribution < -0.4 is 10.2 Å². The number of nitrogens with one attached hydrogen (secondary N) is 1. The van der Waals surface area contributed by atoms with Crippen LogP contribution in [0.5, 0.6) is 0 Å². The fraction of sp³-hybridized carbons (Fsp3) is 0.333. The van der Waals surface area contributed by atoms with Gasteiger partial charge in [0.05, 0.1) is 0 Å². The van der Waals surface area contributed by atoms with Crippen molar-refractivity contribution in [2.45, 2.75) is 19.5 Å². The summed E-state index contributed by atoms with van der Waals surface area (Å²) in [5.41, 5.74) is 1.09. The quantitative estimate of drug-likeness (QED) is 0.898. The summed E-state index contributed by atoms with van der Waals surface area (Å²) in [6.45, 7) is 2.41. The summed E-state index contributed by atoms with van der Waals surface area (Å²) < 4.78 is 1.72. The lowest BCUT2D eigenvalue weighted by molar-refractivity contribution is -0.122. The molecule has 1 aromatic carbocycles. The topological polar surface area (TPSA) is 50.2 Å². The zero-order chi connectivity index (χ0) is 14.5. The van der Waals surface area contributed by atoms with E-state index in [2.05, 4.69) is 10.4 Å². The summed E-state index contributed by atoms with van der Waals surface area (Å²) in [6.07, 6.45) is 1.86. The molecule has 0 saturated carbocycles. The molecule has 2 aromatic rings. The van der Waals surface area contributed by atoms with Gasteiger partial charge in [0.1, 0.15) is 6.04 Å². The van der Waals surface area contributed by atoms with E-state index in [1.807, 2.05) is 68.5 Å². The molecule has 0 aliphatic carbocycles. The SMILES string of the molecule is C[C@H](C(=O)NCc1ccccc1)N(C)c1ccn(C)n1. The van der Waals surface area contributed by atoms with Crippen LogP contribution in [-0.4, -0.2) is 28.8 Å². The number of carbonyl (C=O) groups is 1. The summed E-state index contributed by atoms with van der Waals surface area (Å²) in [6, 6.07) is 11.5. The summed E-state index contributed by atoms with van der Waals surface area (Å²) in [5.74, 6) is 0.775. The highest BCUT2D eigenvalue weighted by Crippen LogP contribution is 2.11. The lowest BCUT2D eigenvalue weighted by atomic mass is 10.2. The van der Waals surface area contributed by atoms with E-state index in [-0.39, 0.29) is 11.9 Å². The molecule has 0 radical (unpaired) electrons. The van der Waals surface area contributed by atoms with Crippen LogP contribution in [0.4, 0.5) is 5.82 Å². The third-order valence-electron chi connectivity index (χ3n) is 3.33. The van der Waals surface area contributed by atoms with E-state index in [9.17, 15) is 4.79 Å². The van der Waals surface area contributed by atoms with Crippen LogP contribution in [0.3, 0.4) is 0 Å². The van der Waals surface area contributed by atoms with E-state index in [0.29, 0.717) is 6.54 Å². The molecule has 1 amide bonds. The Hall–Kier alpha value is -2.30. The Balaban J connectivity index is 1.91. The largest absolute Gasteiger partial charge is 0.350 e. The normalized spacial score (nSPS) is 11.9. The van der Waals surface area contributed by atoms with Gasteiger partial charge in [-0.1, -0.05) is 30.3 Å². The Kier molecular flexibility index (Phi) is 4.40. The number of aromatic nitrogens is 2. The van der Waals surface area contributed by atoms with Crippen LogP contribution >= 0.6 is 0 Å². The van der Waals surface area contributed by atoms with Crippen molar-refractivity contribution in [2.24, 2.45) is 7.05 Å². The molecule has 0 spiro atoms. The van der Waals surface area contributed by atoms with Gasteiger partial charge in [-0.25, -0.2) is 0 Å². The monoisotopic (exact) mass is 272 g/mol. The molecule has 0 bridgehead atoms. The summed E-state index contributed by atoms with van der Waals surface area (Å²) in [4.78, 5) is 14.0. The number of likely N-dealkylation sites (N-methyl/N-ethyl adjacent to an activating group) is 1. The number of hydrogen-bond acceptors (Lipinski definition) is 3. The maximum Gasteiger partial charge on any atom is 0.242 e. The maximum absolute atomic E-state index is 12.2. The number of aryl methyl sites for hydroxylation is 1. The van der Waals surface area contributed by atoms with Crippen molar-refractivity contribution in [1.29, 1.82) is 0 Å². The molecule has 0 aliphatic rings. The first-order chi connectivity index (χ1) is 9.58. The van der Waals surface area contributed by atoms with Crippen molar-refractivity contribution in [1.82, 2.24) is 15.1 Å². The minimum Gasteiger partial charge on any atom is -0.350 e. The van der Waals surface area contributed by atoms with E-state index in [4.69, 9.17) is 0 Å². The first kappa shape index (κ1) is 14.1. The molecule has 1 N–H and O–H groups in total. The van der Waals surface area contributed by atoms with Gasteiger partial charge in [-0.15, -0.1) is 0 Å². The molecular weight excluding hydrogens is 252 g/mol. The van der Waals surface area contributed by atoms with Crippen molar-refractivity contribution in [2.75, 3.05) is 11.9 Å². The van der Waals surface area contributed by atoms with Crippen LogP contribution in [0.15, 0.2) is 42.6 Å². The van der Waals surface area contributed by atoms with Crippen LogP contribution in [0.2, 0.25) is 0 Å². The Morgan fingerprint density at radius 3 is 2.65 bits per heavy atom. The molecular formula is C15H20N4O. The molecule has 0 aliphatic heterocycles. The first-order valence-electron chi connectivity index (χ1n) is 6.62. The highest BCUT2D eigenvalue weighted by molar-refractivity contribution is 5.84. The van der Waals surface area contributed by atoms with Crippen molar-refractivity contribution in [3.8, 4) is 0 Å². The number of amides is 1. The molecule has 0 saturated heterocycles. The van der Waals surface area contributed by atoms with Crippen LogP contribution in [0, 0.1) is 0 Å². The average molecular weight is 272 g/mol. The minimum atomic E-state index is -0.270. The maximum atomic E-state index is 12.2.